The van der Waals surface area contributed by atoms with Gasteiger partial charge in [-0.25, -0.2) is 0 Å². The number of allylic oxidation sites excluding steroid dienone is 1. The van der Waals surface area contributed by atoms with Crippen LogP contribution in [0.15, 0.2) is 66.4 Å². The molecule has 4 rings (SSSR count). The monoisotopic (exact) mass is 481 g/mol. The van der Waals surface area contributed by atoms with Crippen LogP contribution >= 0.6 is 0 Å². The number of carbonyl (C=O) groups is 2. The lowest BCUT2D eigenvalue weighted by Gasteiger charge is -2.20. The lowest BCUT2D eigenvalue weighted by molar-refractivity contribution is -0.137. The Bertz CT molecular complexity index is 1360. The maximum Gasteiger partial charge on any atom is 0.416 e. The van der Waals surface area contributed by atoms with Crippen LogP contribution in [-0.2, 0) is 11.0 Å². The second kappa shape index (κ2) is 8.83. The van der Waals surface area contributed by atoms with Gasteiger partial charge in [0.05, 0.1) is 16.8 Å². The standard InChI is InChI=1S/C26H22F3N3O3/c1-14-9-15(2)11-19(10-14)32-22-13-18(26(27,28)29)7-8-21(22)23(25(32)35)16(3)30-31-24(34)17-5-4-6-20(33)12-17/h4-13,30,33H,1-3H3,(H,31,34)/b23-16-. The van der Waals surface area contributed by atoms with Crippen molar-refractivity contribution in [3.05, 3.63) is 94.2 Å². The second-order valence-electron chi connectivity index (χ2n) is 8.35. The SMILES string of the molecule is C/C(NNC(=O)c1cccc(O)c1)=C1/C(=O)N(c2cc(C)cc(C)c2)c2cc(C(F)(F)F)ccc21. The van der Waals surface area contributed by atoms with Crippen molar-refractivity contribution in [1.29, 1.82) is 0 Å². The van der Waals surface area contributed by atoms with E-state index in [1.54, 1.807) is 19.1 Å². The van der Waals surface area contributed by atoms with Crippen LogP contribution < -0.4 is 15.8 Å². The van der Waals surface area contributed by atoms with Gasteiger partial charge in [0.25, 0.3) is 11.8 Å². The zero-order valence-electron chi connectivity index (χ0n) is 19.1. The van der Waals surface area contributed by atoms with E-state index in [4.69, 9.17) is 0 Å². The lowest BCUT2D eigenvalue weighted by atomic mass is 10.0. The first-order valence-corrected chi connectivity index (χ1v) is 10.7. The predicted molar refractivity (Wildman–Crippen MR) is 126 cm³/mol. The summed E-state index contributed by atoms with van der Waals surface area (Å²) in [6, 6.07) is 14.2. The highest BCUT2D eigenvalue weighted by Crippen LogP contribution is 2.45. The molecule has 9 heteroatoms. The second-order valence-corrected chi connectivity index (χ2v) is 8.35. The lowest BCUT2D eigenvalue weighted by Crippen LogP contribution is -2.37. The maximum absolute atomic E-state index is 13.5. The average Bonchev–Trinajstić information content (AvgIpc) is 3.07. The minimum atomic E-state index is -4.58. The number of anilines is 2. The van der Waals surface area contributed by atoms with E-state index >= 15 is 0 Å². The number of alkyl halides is 3. The van der Waals surface area contributed by atoms with E-state index < -0.39 is 23.6 Å². The third-order valence-corrected chi connectivity index (χ3v) is 5.56. The highest BCUT2D eigenvalue weighted by atomic mass is 19.4. The Morgan fingerprint density at radius 2 is 1.63 bits per heavy atom. The molecule has 0 spiro atoms. The molecule has 6 nitrogen and oxygen atoms in total. The molecule has 0 atom stereocenters. The molecule has 0 saturated carbocycles. The molecule has 0 bridgehead atoms. The Labute approximate surface area is 199 Å². The summed E-state index contributed by atoms with van der Waals surface area (Å²) < 4.78 is 40.4. The molecule has 0 saturated heterocycles. The van der Waals surface area contributed by atoms with Crippen LogP contribution in [0.5, 0.6) is 5.75 Å². The third-order valence-electron chi connectivity index (χ3n) is 5.56. The van der Waals surface area contributed by atoms with Crippen LogP contribution in [0, 0.1) is 13.8 Å². The van der Waals surface area contributed by atoms with Crippen molar-refractivity contribution in [1.82, 2.24) is 10.9 Å². The highest BCUT2D eigenvalue weighted by Gasteiger charge is 2.39. The van der Waals surface area contributed by atoms with Crippen molar-refractivity contribution in [2.45, 2.75) is 26.9 Å². The van der Waals surface area contributed by atoms with Crippen molar-refractivity contribution in [2.75, 3.05) is 4.90 Å². The van der Waals surface area contributed by atoms with Crippen molar-refractivity contribution in [3.63, 3.8) is 0 Å². The molecule has 0 unspecified atom stereocenters. The summed E-state index contributed by atoms with van der Waals surface area (Å²) in [5.41, 5.74) is 7.38. The summed E-state index contributed by atoms with van der Waals surface area (Å²) in [5.74, 6) is -1.18. The molecule has 3 aromatic carbocycles. The van der Waals surface area contributed by atoms with Gasteiger partial charge in [0.1, 0.15) is 5.75 Å². The van der Waals surface area contributed by atoms with Crippen molar-refractivity contribution >= 4 is 28.8 Å². The van der Waals surface area contributed by atoms with Crippen LogP contribution in [0.2, 0.25) is 0 Å². The zero-order chi connectivity index (χ0) is 25.5. The molecule has 1 aliphatic rings. The number of nitrogens with one attached hydrogen (secondary N) is 2. The number of fused-ring (bicyclic) bond motifs is 1. The van der Waals surface area contributed by atoms with Crippen molar-refractivity contribution in [3.8, 4) is 5.75 Å². The minimum absolute atomic E-state index is 0.0859. The Hall–Kier alpha value is -4.27. The first kappa shape index (κ1) is 23.9. The number of hydrogen-bond donors (Lipinski definition) is 3. The van der Waals surface area contributed by atoms with Gasteiger partial charge < -0.3 is 10.5 Å². The van der Waals surface area contributed by atoms with E-state index in [1.165, 1.54) is 35.2 Å². The number of halogens is 3. The van der Waals surface area contributed by atoms with Crippen LogP contribution in [0.4, 0.5) is 24.5 Å². The molecule has 1 aliphatic heterocycles. The summed E-state index contributed by atoms with van der Waals surface area (Å²) in [4.78, 5) is 27.2. The van der Waals surface area contributed by atoms with Crippen molar-refractivity contribution < 1.29 is 27.9 Å². The van der Waals surface area contributed by atoms with E-state index in [1.807, 2.05) is 19.9 Å². The third kappa shape index (κ3) is 4.70. The summed E-state index contributed by atoms with van der Waals surface area (Å²) in [6.45, 7) is 5.22. The summed E-state index contributed by atoms with van der Waals surface area (Å²) >= 11 is 0. The Morgan fingerprint density at radius 1 is 0.943 bits per heavy atom. The smallest absolute Gasteiger partial charge is 0.416 e. The molecule has 3 aromatic rings. The zero-order valence-corrected chi connectivity index (χ0v) is 19.1. The molecule has 180 valence electrons. The maximum atomic E-state index is 13.5. The van der Waals surface area contributed by atoms with Crippen molar-refractivity contribution in [2.24, 2.45) is 0 Å². The van der Waals surface area contributed by atoms with Crippen LogP contribution in [0.3, 0.4) is 0 Å². The first-order valence-electron chi connectivity index (χ1n) is 10.7. The molecule has 35 heavy (non-hydrogen) atoms. The van der Waals surface area contributed by atoms with E-state index in [9.17, 15) is 27.9 Å². The topological polar surface area (TPSA) is 81.7 Å². The molecule has 1 heterocycles. The Morgan fingerprint density at radius 3 is 2.26 bits per heavy atom. The fourth-order valence-electron chi connectivity index (χ4n) is 4.07. The van der Waals surface area contributed by atoms with Gasteiger partial charge in [-0.2, -0.15) is 13.2 Å². The normalized spacial score (nSPS) is 14.6. The van der Waals surface area contributed by atoms with Crippen LogP contribution in [0.25, 0.3) is 5.57 Å². The highest BCUT2D eigenvalue weighted by molar-refractivity contribution is 6.35. The Balaban J connectivity index is 1.76. The quantitative estimate of drug-likeness (QED) is 0.346. The molecule has 2 amide bonds. The number of carbonyl (C=O) groups excluding carboxylic acids is 2. The molecular formula is C26H22F3N3O3. The molecule has 0 aromatic heterocycles. The van der Waals surface area contributed by atoms with Gasteiger partial charge >= 0.3 is 6.18 Å². The van der Waals surface area contributed by atoms with Gasteiger partial charge in [0.15, 0.2) is 0 Å². The Kier molecular flexibility index (Phi) is 6.02. The van der Waals surface area contributed by atoms with Gasteiger partial charge in [-0.1, -0.05) is 18.2 Å². The molecule has 0 radical (unpaired) electrons. The number of rotatable bonds is 4. The van der Waals surface area contributed by atoms with Gasteiger partial charge in [-0.3, -0.25) is 19.9 Å². The molecule has 0 fully saturated rings. The van der Waals surface area contributed by atoms with Crippen LogP contribution in [0.1, 0.15) is 39.5 Å². The summed E-state index contributed by atoms with van der Waals surface area (Å²) in [5, 5.41) is 9.57. The first-order chi connectivity index (χ1) is 16.5. The number of benzene rings is 3. The number of phenolic OH excluding ortho intramolecular Hbond substituents is 1. The number of amides is 2. The van der Waals surface area contributed by atoms with E-state index in [0.717, 1.165) is 23.3 Å². The van der Waals surface area contributed by atoms with Gasteiger partial charge in [0.2, 0.25) is 0 Å². The minimum Gasteiger partial charge on any atom is -0.508 e. The fraction of sp³-hybridized carbons (Fsp3) is 0.154. The van der Waals surface area contributed by atoms with E-state index in [0.29, 0.717) is 11.3 Å². The molecular weight excluding hydrogens is 459 g/mol. The fourth-order valence-corrected chi connectivity index (χ4v) is 4.07. The number of aromatic hydroxyl groups is 1. The predicted octanol–water partition coefficient (Wildman–Crippen LogP) is 5.37. The van der Waals surface area contributed by atoms with E-state index in [2.05, 4.69) is 10.9 Å². The van der Waals surface area contributed by atoms with E-state index in [-0.39, 0.29) is 28.3 Å². The number of phenols is 1. The largest absolute Gasteiger partial charge is 0.508 e. The summed E-state index contributed by atoms with van der Waals surface area (Å²) in [7, 11) is 0. The summed E-state index contributed by atoms with van der Waals surface area (Å²) in [6.07, 6.45) is -4.58. The number of hydrazine groups is 1. The molecule has 0 aliphatic carbocycles. The van der Waals surface area contributed by atoms with Gasteiger partial charge in [0, 0.05) is 22.5 Å². The molecule has 3 N–H and O–H groups in total. The number of hydrogen-bond acceptors (Lipinski definition) is 4. The van der Waals surface area contributed by atoms with Crippen LogP contribution in [-0.4, -0.2) is 16.9 Å². The average molecular weight is 481 g/mol. The number of aryl methyl sites for hydroxylation is 2. The van der Waals surface area contributed by atoms with Gasteiger partial charge in [-0.05, 0) is 74.4 Å². The van der Waals surface area contributed by atoms with Gasteiger partial charge in [-0.15, -0.1) is 0 Å². The number of nitrogens with zero attached hydrogens (tertiary/aromatic N) is 1.